The van der Waals surface area contributed by atoms with Crippen LogP contribution in [0.1, 0.15) is 88.3 Å². The van der Waals surface area contributed by atoms with Crippen LogP contribution in [0.25, 0.3) is 0 Å². The number of nitrogens with zero attached hydrogens (tertiary/aromatic N) is 1. The molecule has 2 fully saturated rings. The number of nitrogens with one attached hydrogen (secondary N) is 3. The molecule has 1 atom stereocenters. The molecule has 0 radical (unpaired) electrons. The van der Waals surface area contributed by atoms with Crippen LogP contribution in [0.4, 0.5) is 4.79 Å². The van der Waals surface area contributed by atoms with Gasteiger partial charge in [0.1, 0.15) is 11.1 Å². The predicted octanol–water partition coefficient (Wildman–Crippen LogP) is 6.35. The largest absolute Gasteiger partial charge is 0.444 e. The highest BCUT2D eigenvalue weighted by Gasteiger charge is 2.46. The van der Waals surface area contributed by atoms with Crippen molar-refractivity contribution in [2.45, 2.75) is 101 Å². The maximum Gasteiger partial charge on any atom is 0.410 e. The van der Waals surface area contributed by atoms with Gasteiger partial charge in [0.25, 0.3) is 0 Å². The van der Waals surface area contributed by atoms with E-state index in [1.165, 1.54) is 6.42 Å². The summed E-state index contributed by atoms with van der Waals surface area (Å²) in [6.07, 6.45) is 6.09. The van der Waals surface area contributed by atoms with Gasteiger partial charge in [0.15, 0.2) is 0 Å². The van der Waals surface area contributed by atoms with Crippen LogP contribution in [0.5, 0.6) is 0 Å². The highest BCUT2D eigenvalue weighted by molar-refractivity contribution is 5.89. The summed E-state index contributed by atoms with van der Waals surface area (Å²) in [4.78, 5) is 43.2. The summed E-state index contributed by atoms with van der Waals surface area (Å²) >= 11 is 0. The number of carbonyl (C=O) groups is 3. The van der Waals surface area contributed by atoms with E-state index < -0.39 is 17.2 Å². The Kier molecular flexibility index (Phi) is 11.9. The van der Waals surface area contributed by atoms with Crippen LogP contribution >= 0.6 is 0 Å². The van der Waals surface area contributed by atoms with Crippen molar-refractivity contribution in [3.05, 3.63) is 108 Å². The molecule has 0 unspecified atom stereocenters. The second-order valence-electron chi connectivity index (χ2n) is 14.4. The van der Waals surface area contributed by atoms with E-state index in [1.807, 2.05) is 87.5 Å². The summed E-state index contributed by atoms with van der Waals surface area (Å²) in [5.74, 6) is -0.278. The van der Waals surface area contributed by atoms with Crippen molar-refractivity contribution in [2.75, 3.05) is 19.6 Å². The maximum atomic E-state index is 14.3. The molecule has 3 aromatic rings. The van der Waals surface area contributed by atoms with Gasteiger partial charge in [-0.1, -0.05) is 110 Å². The number of benzene rings is 3. The molecule has 0 spiro atoms. The summed E-state index contributed by atoms with van der Waals surface area (Å²) in [5, 5.41) is 10.2. The first kappa shape index (κ1) is 35.1. The first-order chi connectivity index (χ1) is 23.1. The lowest BCUT2D eigenvalue weighted by molar-refractivity contribution is -0.132. The van der Waals surface area contributed by atoms with Gasteiger partial charge in [-0.2, -0.15) is 0 Å². The average Bonchev–Trinajstić information content (AvgIpc) is 3.09. The summed E-state index contributed by atoms with van der Waals surface area (Å²) in [6.45, 7) is 6.67. The van der Waals surface area contributed by atoms with Gasteiger partial charge >= 0.3 is 6.09 Å². The number of likely N-dealkylation sites (tertiary alicyclic amines) is 1. The Labute approximate surface area is 286 Å². The lowest BCUT2D eigenvalue weighted by Gasteiger charge is -2.44. The minimum atomic E-state index is -1.02. The first-order valence-electron chi connectivity index (χ1n) is 17.6. The number of hydrogen-bond donors (Lipinski definition) is 3. The molecule has 1 aliphatic carbocycles. The summed E-state index contributed by atoms with van der Waals surface area (Å²) in [6, 6.07) is 29.8. The number of carbonyl (C=O) groups excluding carboxylic acids is 3. The van der Waals surface area contributed by atoms with Crippen molar-refractivity contribution >= 4 is 17.9 Å². The number of ether oxygens (including phenoxy) is 1. The van der Waals surface area contributed by atoms with Crippen molar-refractivity contribution in [3.8, 4) is 0 Å². The van der Waals surface area contributed by atoms with Crippen molar-refractivity contribution in [3.63, 3.8) is 0 Å². The lowest BCUT2D eigenvalue weighted by atomic mass is 9.84. The van der Waals surface area contributed by atoms with Crippen molar-refractivity contribution < 1.29 is 19.1 Å². The molecule has 1 saturated heterocycles. The van der Waals surface area contributed by atoms with Gasteiger partial charge in [0.2, 0.25) is 11.8 Å². The third kappa shape index (κ3) is 9.69. The predicted molar refractivity (Wildman–Crippen MR) is 190 cm³/mol. The summed E-state index contributed by atoms with van der Waals surface area (Å²) in [7, 11) is 0. The van der Waals surface area contributed by atoms with Crippen LogP contribution in [0.2, 0.25) is 0 Å². The van der Waals surface area contributed by atoms with Gasteiger partial charge in [-0.3, -0.25) is 14.9 Å². The number of hydrogen-bond acceptors (Lipinski definition) is 5. The Bertz CT molecular complexity index is 1420. The molecular weight excluding hydrogens is 600 g/mol. The second kappa shape index (κ2) is 16.3. The smallest absolute Gasteiger partial charge is 0.410 e. The first-order valence-corrected chi connectivity index (χ1v) is 17.6. The normalized spacial score (nSPS) is 17.4. The third-order valence-electron chi connectivity index (χ3n) is 9.58. The van der Waals surface area contributed by atoms with Crippen LogP contribution in [-0.4, -0.2) is 65.7 Å². The molecular formula is C40H52N4O4. The Hall–Kier alpha value is -4.17. The van der Waals surface area contributed by atoms with E-state index >= 15 is 0 Å². The van der Waals surface area contributed by atoms with Crippen LogP contribution in [0.3, 0.4) is 0 Å². The molecule has 8 heteroatoms. The zero-order valence-electron chi connectivity index (χ0n) is 28.8. The lowest BCUT2D eigenvalue weighted by Crippen LogP contribution is -2.67. The van der Waals surface area contributed by atoms with Crippen LogP contribution in [0, 0.1) is 0 Å². The van der Waals surface area contributed by atoms with Gasteiger partial charge in [-0.25, -0.2) is 4.79 Å². The average molecular weight is 653 g/mol. The van der Waals surface area contributed by atoms with E-state index in [9.17, 15) is 14.4 Å². The molecule has 256 valence electrons. The van der Waals surface area contributed by atoms with Gasteiger partial charge in [-0.15, -0.1) is 0 Å². The molecule has 3 aromatic carbocycles. The Morgan fingerprint density at radius 3 is 1.90 bits per heavy atom. The van der Waals surface area contributed by atoms with E-state index in [2.05, 4.69) is 40.2 Å². The van der Waals surface area contributed by atoms with E-state index in [-0.39, 0.29) is 29.9 Å². The molecule has 8 nitrogen and oxygen atoms in total. The molecule has 0 aromatic heterocycles. The highest BCUT2D eigenvalue weighted by atomic mass is 16.6. The Morgan fingerprint density at radius 2 is 1.35 bits per heavy atom. The van der Waals surface area contributed by atoms with E-state index in [0.717, 1.165) is 42.4 Å². The number of piperidine rings is 1. The maximum absolute atomic E-state index is 14.3. The summed E-state index contributed by atoms with van der Waals surface area (Å²) < 4.78 is 5.65. The molecule has 48 heavy (non-hydrogen) atoms. The number of amides is 3. The van der Waals surface area contributed by atoms with E-state index in [4.69, 9.17) is 4.74 Å². The standard InChI is InChI=1S/C40H52N4O4/c1-39(2,3)48-38(47)44-26-24-40(25-27-44,37(46)42-33-22-14-7-15-23-33)43-35(28-30-16-8-4-9-17-30)36(45)41-29-34(31-18-10-5-11-19-31)32-20-12-6-13-21-32/h4-6,8-13,16-21,33-35,43H,7,14-15,22-29H2,1-3H3,(H,41,45)(H,42,46)/t35-/m0/s1. The molecule has 1 heterocycles. The monoisotopic (exact) mass is 652 g/mol. The SMILES string of the molecule is CC(C)(C)OC(=O)N1CCC(N[C@@H](Cc2ccccc2)C(=O)NCC(c2ccccc2)c2ccccc2)(C(=O)NC2CCCCC2)CC1. The van der Waals surface area contributed by atoms with Crippen molar-refractivity contribution in [2.24, 2.45) is 0 Å². The molecule has 1 saturated carbocycles. The molecule has 3 amide bonds. The highest BCUT2D eigenvalue weighted by Crippen LogP contribution is 2.28. The van der Waals surface area contributed by atoms with Gasteiger partial charge in [0, 0.05) is 31.6 Å². The van der Waals surface area contributed by atoms with E-state index in [0.29, 0.717) is 38.9 Å². The Morgan fingerprint density at radius 1 is 0.812 bits per heavy atom. The zero-order valence-corrected chi connectivity index (χ0v) is 28.8. The third-order valence-corrected chi connectivity index (χ3v) is 9.58. The summed E-state index contributed by atoms with van der Waals surface area (Å²) in [5.41, 5.74) is 1.61. The van der Waals surface area contributed by atoms with Gasteiger partial charge in [-0.05, 0) is 69.6 Å². The minimum absolute atomic E-state index is 0.0330. The minimum Gasteiger partial charge on any atom is -0.444 e. The van der Waals surface area contributed by atoms with Crippen LogP contribution < -0.4 is 16.0 Å². The fourth-order valence-electron chi connectivity index (χ4n) is 6.92. The zero-order chi connectivity index (χ0) is 34.0. The van der Waals surface area contributed by atoms with E-state index in [1.54, 1.807) is 4.90 Å². The van der Waals surface area contributed by atoms with Crippen LogP contribution in [0.15, 0.2) is 91.0 Å². The Balaban J connectivity index is 1.39. The fraction of sp³-hybridized carbons (Fsp3) is 0.475. The second-order valence-corrected chi connectivity index (χ2v) is 14.4. The van der Waals surface area contributed by atoms with Crippen molar-refractivity contribution in [1.82, 2.24) is 20.9 Å². The topological polar surface area (TPSA) is 99.8 Å². The molecule has 1 aliphatic heterocycles. The molecule has 2 aliphatic rings. The number of rotatable bonds is 11. The fourth-order valence-corrected chi connectivity index (χ4v) is 6.92. The van der Waals surface area contributed by atoms with Crippen molar-refractivity contribution in [1.29, 1.82) is 0 Å². The molecule has 3 N–H and O–H groups in total. The van der Waals surface area contributed by atoms with Crippen LogP contribution in [-0.2, 0) is 20.7 Å². The molecule has 0 bridgehead atoms. The molecule has 5 rings (SSSR count). The quantitative estimate of drug-likeness (QED) is 0.224. The van der Waals surface area contributed by atoms with Gasteiger partial charge < -0.3 is 20.3 Å². The van der Waals surface area contributed by atoms with Gasteiger partial charge in [0.05, 0.1) is 6.04 Å².